The molecule has 1 saturated heterocycles. The highest BCUT2D eigenvalue weighted by Gasteiger charge is 2.23. The number of amides is 1. The van der Waals surface area contributed by atoms with Gasteiger partial charge in [-0.15, -0.1) is 10.2 Å². The molecule has 7 heteroatoms. The summed E-state index contributed by atoms with van der Waals surface area (Å²) in [6, 6.07) is 0.392. The van der Waals surface area contributed by atoms with Crippen LogP contribution in [-0.2, 0) is 9.53 Å². The molecule has 1 N–H and O–H groups in total. The third kappa shape index (κ3) is 4.29. The van der Waals surface area contributed by atoms with Crippen molar-refractivity contribution in [3.8, 4) is 0 Å². The van der Waals surface area contributed by atoms with Gasteiger partial charge in [0, 0.05) is 32.1 Å². The highest BCUT2D eigenvalue weighted by molar-refractivity contribution is 5.76. The molecule has 0 spiro atoms. The molecule has 1 saturated carbocycles. The minimum absolute atomic E-state index is 0.0740. The van der Waals surface area contributed by atoms with Gasteiger partial charge in [0.1, 0.15) is 6.33 Å². The Kier molecular flexibility index (Phi) is 5.61. The third-order valence-electron chi connectivity index (χ3n) is 4.84. The fourth-order valence-corrected chi connectivity index (χ4v) is 3.49. The van der Waals surface area contributed by atoms with Crippen LogP contribution in [0.3, 0.4) is 0 Å². The summed E-state index contributed by atoms with van der Waals surface area (Å²) >= 11 is 0. The van der Waals surface area contributed by atoms with Crippen LogP contribution in [0.1, 0.15) is 56.9 Å². The normalized spacial score (nSPS) is 21.4. The second-order valence-corrected chi connectivity index (χ2v) is 6.53. The zero-order valence-electron chi connectivity index (χ0n) is 13.9. The van der Waals surface area contributed by atoms with Gasteiger partial charge in [0.05, 0.1) is 19.3 Å². The summed E-state index contributed by atoms with van der Waals surface area (Å²) in [5, 5.41) is 11.4. The van der Waals surface area contributed by atoms with Crippen molar-refractivity contribution in [1.82, 2.24) is 25.0 Å². The maximum atomic E-state index is 12.2. The number of hydrogen-bond acceptors (Lipinski definition) is 5. The van der Waals surface area contributed by atoms with Crippen LogP contribution < -0.4 is 5.32 Å². The minimum atomic E-state index is -0.102. The van der Waals surface area contributed by atoms with Gasteiger partial charge in [-0.05, 0) is 19.8 Å². The van der Waals surface area contributed by atoms with E-state index in [-0.39, 0.29) is 11.9 Å². The van der Waals surface area contributed by atoms with Crippen molar-refractivity contribution >= 4 is 5.91 Å². The van der Waals surface area contributed by atoms with Crippen molar-refractivity contribution in [2.24, 2.45) is 0 Å². The number of hydrogen-bond donors (Lipinski definition) is 1. The summed E-state index contributed by atoms with van der Waals surface area (Å²) in [5.74, 6) is 0.946. The molecule has 128 valence electrons. The molecule has 2 heterocycles. The molecular formula is C16H27N5O2. The molecule has 23 heavy (non-hydrogen) atoms. The summed E-state index contributed by atoms with van der Waals surface area (Å²) in [7, 11) is 0. The monoisotopic (exact) mass is 321 g/mol. The first kappa shape index (κ1) is 16.4. The Bertz CT molecular complexity index is 506. The van der Waals surface area contributed by atoms with Crippen molar-refractivity contribution in [2.75, 3.05) is 32.8 Å². The van der Waals surface area contributed by atoms with Gasteiger partial charge in [-0.2, -0.15) is 0 Å². The molecule has 1 aromatic heterocycles. The van der Waals surface area contributed by atoms with Crippen LogP contribution in [0.4, 0.5) is 0 Å². The lowest BCUT2D eigenvalue weighted by molar-refractivity contribution is -0.122. The zero-order valence-corrected chi connectivity index (χ0v) is 13.9. The summed E-state index contributed by atoms with van der Waals surface area (Å²) in [4.78, 5) is 14.5. The molecule has 1 amide bonds. The van der Waals surface area contributed by atoms with Crippen LogP contribution >= 0.6 is 0 Å². The van der Waals surface area contributed by atoms with Crippen molar-refractivity contribution in [1.29, 1.82) is 0 Å². The van der Waals surface area contributed by atoms with Crippen LogP contribution in [0.5, 0.6) is 0 Å². The Labute approximate surface area is 137 Å². The Morgan fingerprint density at radius 3 is 2.87 bits per heavy atom. The number of ether oxygens (including phenoxy) is 1. The molecule has 0 aromatic carbocycles. The highest BCUT2D eigenvalue weighted by atomic mass is 16.5. The smallest absolute Gasteiger partial charge is 0.221 e. The minimum Gasteiger partial charge on any atom is -0.379 e. The quantitative estimate of drug-likeness (QED) is 0.855. The van der Waals surface area contributed by atoms with E-state index >= 15 is 0 Å². The SMILES string of the molecule is CC(NC(=O)CCN1CCOCC1)c1nncn1C1CCCC1. The number of aromatic nitrogens is 3. The average molecular weight is 321 g/mol. The number of rotatable bonds is 6. The van der Waals surface area contributed by atoms with Crippen molar-refractivity contribution in [3.63, 3.8) is 0 Å². The highest BCUT2D eigenvalue weighted by Crippen LogP contribution is 2.31. The van der Waals surface area contributed by atoms with Gasteiger partial charge >= 0.3 is 0 Å². The molecule has 2 fully saturated rings. The van der Waals surface area contributed by atoms with E-state index in [9.17, 15) is 4.79 Å². The van der Waals surface area contributed by atoms with Crippen molar-refractivity contribution in [2.45, 2.75) is 51.1 Å². The van der Waals surface area contributed by atoms with Crippen LogP contribution in [0.15, 0.2) is 6.33 Å². The number of carbonyl (C=O) groups is 1. The molecule has 0 bridgehead atoms. The van der Waals surface area contributed by atoms with Gasteiger partial charge in [-0.1, -0.05) is 12.8 Å². The second kappa shape index (κ2) is 7.88. The van der Waals surface area contributed by atoms with Gasteiger partial charge in [-0.25, -0.2) is 0 Å². The van der Waals surface area contributed by atoms with E-state index in [1.807, 2.05) is 13.3 Å². The Morgan fingerprint density at radius 1 is 1.39 bits per heavy atom. The Hall–Kier alpha value is -1.47. The average Bonchev–Trinajstić information content (AvgIpc) is 3.24. The molecular weight excluding hydrogens is 294 g/mol. The second-order valence-electron chi connectivity index (χ2n) is 6.53. The van der Waals surface area contributed by atoms with Crippen LogP contribution in [-0.4, -0.2) is 58.4 Å². The number of nitrogens with zero attached hydrogens (tertiary/aromatic N) is 4. The first-order valence-electron chi connectivity index (χ1n) is 8.73. The Balaban J connectivity index is 1.49. The van der Waals surface area contributed by atoms with Gasteiger partial charge in [0.15, 0.2) is 5.82 Å². The predicted octanol–water partition coefficient (Wildman–Crippen LogP) is 1.29. The zero-order chi connectivity index (χ0) is 16.1. The van der Waals surface area contributed by atoms with E-state index in [2.05, 4.69) is 25.0 Å². The maximum Gasteiger partial charge on any atom is 0.221 e. The van der Waals surface area contributed by atoms with Crippen molar-refractivity contribution in [3.05, 3.63) is 12.2 Å². The summed E-state index contributed by atoms with van der Waals surface area (Å²) in [5.41, 5.74) is 0. The summed E-state index contributed by atoms with van der Waals surface area (Å²) in [6.07, 6.45) is 7.22. The lowest BCUT2D eigenvalue weighted by atomic mass is 10.2. The van der Waals surface area contributed by atoms with Gasteiger partial charge in [-0.3, -0.25) is 9.69 Å². The van der Waals surface area contributed by atoms with Crippen LogP contribution in [0.2, 0.25) is 0 Å². The first-order chi connectivity index (χ1) is 11.2. The lowest BCUT2D eigenvalue weighted by Crippen LogP contribution is -2.39. The molecule has 0 radical (unpaired) electrons. The van der Waals surface area contributed by atoms with E-state index < -0.39 is 0 Å². The first-order valence-corrected chi connectivity index (χ1v) is 8.73. The molecule has 1 unspecified atom stereocenters. The lowest BCUT2D eigenvalue weighted by Gasteiger charge is -2.26. The number of morpholine rings is 1. The standard InChI is InChI=1S/C16H27N5O2/c1-13(16-19-17-12-21(16)14-4-2-3-5-14)18-15(22)6-7-20-8-10-23-11-9-20/h12-14H,2-11H2,1H3,(H,18,22). The molecule has 1 atom stereocenters. The third-order valence-corrected chi connectivity index (χ3v) is 4.84. The molecule has 3 rings (SSSR count). The molecule has 7 nitrogen and oxygen atoms in total. The predicted molar refractivity (Wildman–Crippen MR) is 86.0 cm³/mol. The molecule has 2 aliphatic rings. The summed E-state index contributed by atoms with van der Waals surface area (Å²) < 4.78 is 7.47. The number of carbonyl (C=O) groups excluding carboxylic acids is 1. The summed E-state index contributed by atoms with van der Waals surface area (Å²) in [6.45, 7) is 6.14. The van der Waals surface area contributed by atoms with Crippen LogP contribution in [0.25, 0.3) is 0 Å². The van der Waals surface area contributed by atoms with E-state index in [1.165, 1.54) is 25.7 Å². The van der Waals surface area contributed by atoms with E-state index in [1.54, 1.807) is 0 Å². The van der Waals surface area contributed by atoms with E-state index in [0.29, 0.717) is 12.5 Å². The Morgan fingerprint density at radius 2 is 2.13 bits per heavy atom. The molecule has 1 aliphatic carbocycles. The fraction of sp³-hybridized carbons (Fsp3) is 0.812. The van der Waals surface area contributed by atoms with Gasteiger partial charge in [0.25, 0.3) is 0 Å². The van der Waals surface area contributed by atoms with E-state index in [4.69, 9.17) is 4.74 Å². The molecule has 1 aromatic rings. The number of nitrogens with one attached hydrogen (secondary N) is 1. The fourth-order valence-electron chi connectivity index (χ4n) is 3.49. The van der Waals surface area contributed by atoms with Gasteiger partial charge < -0.3 is 14.6 Å². The topological polar surface area (TPSA) is 72.3 Å². The molecule has 1 aliphatic heterocycles. The van der Waals surface area contributed by atoms with E-state index in [0.717, 1.165) is 38.7 Å². The maximum absolute atomic E-state index is 12.2. The van der Waals surface area contributed by atoms with Crippen LogP contribution in [0, 0.1) is 0 Å². The van der Waals surface area contributed by atoms with Gasteiger partial charge in [0.2, 0.25) is 5.91 Å². The largest absolute Gasteiger partial charge is 0.379 e. The van der Waals surface area contributed by atoms with Crippen molar-refractivity contribution < 1.29 is 9.53 Å².